The average molecular weight is 385 g/mol. The number of carbonyl (C=O) groups is 1. The molecule has 27 heavy (non-hydrogen) atoms. The number of carbonyl (C=O) groups excluding carboxylic acids is 1. The fourth-order valence-electron chi connectivity index (χ4n) is 2.55. The quantitative estimate of drug-likeness (QED) is 0.482. The van der Waals surface area contributed by atoms with Gasteiger partial charge in [0, 0.05) is 12.1 Å². The number of amides is 1. The van der Waals surface area contributed by atoms with Crippen LogP contribution >= 0.6 is 11.8 Å². The first-order valence-electron chi connectivity index (χ1n) is 8.45. The number of rotatable bonds is 7. The Balaban J connectivity index is 1.53. The molecular formula is C19H20FN5OS. The Labute approximate surface area is 161 Å². The second-order valence-corrected chi connectivity index (χ2v) is 7.03. The highest BCUT2D eigenvalue weighted by atomic mass is 32.2. The number of nitrogen functional groups attached to an aromatic ring is 1. The molecular weight excluding hydrogens is 365 g/mol. The van der Waals surface area contributed by atoms with E-state index in [-0.39, 0.29) is 23.4 Å². The van der Waals surface area contributed by atoms with Crippen molar-refractivity contribution in [2.75, 3.05) is 18.1 Å². The highest BCUT2D eigenvalue weighted by molar-refractivity contribution is 7.99. The molecule has 8 heteroatoms. The number of hydrogen-bond donors (Lipinski definition) is 2. The van der Waals surface area contributed by atoms with E-state index in [1.54, 1.807) is 12.1 Å². The fourth-order valence-corrected chi connectivity index (χ4v) is 3.23. The summed E-state index contributed by atoms with van der Waals surface area (Å²) in [5.41, 5.74) is 1.70. The Morgan fingerprint density at radius 1 is 1.22 bits per heavy atom. The van der Waals surface area contributed by atoms with Crippen molar-refractivity contribution in [3.05, 3.63) is 66.0 Å². The Morgan fingerprint density at radius 3 is 2.74 bits per heavy atom. The van der Waals surface area contributed by atoms with E-state index in [9.17, 15) is 9.18 Å². The predicted octanol–water partition coefficient (Wildman–Crippen LogP) is 2.81. The van der Waals surface area contributed by atoms with Crippen LogP contribution in [-0.2, 0) is 4.79 Å². The molecule has 0 saturated heterocycles. The highest BCUT2D eigenvalue weighted by Crippen LogP contribution is 2.22. The zero-order chi connectivity index (χ0) is 19.2. The molecule has 0 unspecified atom stereocenters. The van der Waals surface area contributed by atoms with Crippen LogP contribution in [0.2, 0.25) is 0 Å². The Morgan fingerprint density at radius 2 is 2.00 bits per heavy atom. The summed E-state index contributed by atoms with van der Waals surface area (Å²) < 4.78 is 14.6. The molecule has 140 valence electrons. The van der Waals surface area contributed by atoms with Gasteiger partial charge in [-0.2, -0.15) is 0 Å². The van der Waals surface area contributed by atoms with Crippen molar-refractivity contribution in [3.63, 3.8) is 0 Å². The number of hydrogen-bond acceptors (Lipinski definition) is 5. The number of benzene rings is 2. The van der Waals surface area contributed by atoms with E-state index in [0.717, 1.165) is 0 Å². The van der Waals surface area contributed by atoms with Crippen molar-refractivity contribution in [1.82, 2.24) is 20.2 Å². The summed E-state index contributed by atoms with van der Waals surface area (Å²) in [4.78, 5) is 12.1. The van der Waals surface area contributed by atoms with Gasteiger partial charge in [-0.15, -0.1) is 10.2 Å². The van der Waals surface area contributed by atoms with E-state index in [1.807, 2.05) is 30.3 Å². The molecule has 3 N–H and O–H groups in total. The lowest BCUT2D eigenvalue weighted by atomic mass is 10.0. The molecule has 0 radical (unpaired) electrons. The van der Waals surface area contributed by atoms with Gasteiger partial charge in [-0.3, -0.25) is 4.79 Å². The summed E-state index contributed by atoms with van der Waals surface area (Å²) in [6.07, 6.45) is 0. The van der Waals surface area contributed by atoms with Gasteiger partial charge in [-0.25, -0.2) is 9.07 Å². The number of nitrogens with zero attached hydrogens (tertiary/aromatic N) is 3. The first-order chi connectivity index (χ1) is 13.0. The maximum atomic E-state index is 13.4. The van der Waals surface area contributed by atoms with Crippen LogP contribution in [0.25, 0.3) is 11.4 Å². The molecule has 6 nitrogen and oxygen atoms in total. The summed E-state index contributed by atoms with van der Waals surface area (Å²) >= 11 is 1.18. The Hall–Kier alpha value is -2.87. The lowest BCUT2D eigenvalue weighted by Gasteiger charge is -2.12. The third-order valence-corrected chi connectivity index (χ3v) is 5.00. The SMILES string of the molecule is C[C@H](CNC(=O)CSc1nnc(-c2cccc(F)c2)n1N)c1ccccc1. The molecule has 1 atom stereocenters. The van der Waals surface area contributed by atoms with E-state index in [1.165, 1.54) is 34.1 Å². The minimum atomic E-state index is -0.378. The summed E-state index contributed by atoms with van der Waals surface area (Å²) in [5.74, 6) is 6.23. The fraction of sp³-hybridized carbons (Fsp3) is 0.211. The van der Waals surface area contributed by atoms with Crippen molar-refractivity contribution >= 4 is 17.7 Å². The predicted molar refractivity (Wildman–Crippen MR) is 104 cm³/mol. The maximum Gasteiger partial charge on any atom is 0.230 e. The highest BCUT2D eigenvalue weighted by Gasteiger charge is 2.14. The Kier molecular flexibility index (Phi) is 6.08. The van der Waals surface area contributed by atoms with Crippen LogP contribution in [0.5, 0.6) is 0 Å². The normalized spacial score (nSPS) is 11.9. The third kappa shape index (κ3) is 4.85. The molecule has 0 saturated carbocycles. The number of aromatic nitrogens is 3. The van der Waals surface area contributed by atoms with Gasteiger partial charge in [-0.05, 0) is 23.6 Å². The summed E-state index contributed by atoms with van der Waals surface area (Å²) in [6, 6.07) is 16.0. The summed E-state index contributed by atoms with van der Waals surface area (Å²) in [5, 5.41) is 11.3. The van der Waals surface area contributed by atoms with Gasteiger partial charge in [0.1, 0.15) is 5.82 Å². The molecule has 3 aromatic rings. The van der Waals surface area contributed by atoms with Crippen LogP contribution < -0.4 is 11.2 Å². The largest absolute Gasteiger partial charge is 0.355 e. The average Bonchev–Trinajstić information content (AvgIpc) is 3.05. The third-order valence-electron chi connectivity index (χ3n) is 4.05. The topological polar surface area (TPSA) is 85.8 Å². The smallest absolute Gasteiger partial charge is 0.230 e. The molecule has 0 spiro atoms. The van der Waals surface area contributed by atoms with E-state index in [0.29, 0.717) is 23.1 Å². The minimum Gasteiger partial charge on any atom is -0.355 e. The Bertz CT molecular complexity index is 915. The zero-order valence-electron chi connectivity index (χ0n) is 14.8. The molecule has 1 aromatic heterocycles. The molecule has 1 amide bonds. The first-order valence-corrected chi connectivity index (χ1v) is 9.44. The van der Waals surface area contributed by atoms with Gasteiger partial charge < -0.3 is 11.2 Å². The van der Waals surface area contributed by atoms with E-state index >= 15 is 0 Å². The number of nitrogens with one attached hydrogen (secondary N) is 1. The van der Waals surface area contributed by atoms with Gasteiger partial charge in [0.25, 0.3) is 0 Å². The van der Waals surface area contributed by atoms with Crippen LogP contribution in [-0.4, -0.2) is 33.1 Å². The summed E-state index contributed by atoms with van der Waals surface area (Å²) in [6.45, 7) is 2.61. The molecule has 0 aliphatic carbocycles. The van der Waals surface area contributed by atoms with Gasteiger partial charge in [-0.1, -0.05) is 61.2 Å². The second-order valence-electron chi connectivity index (χ2n) is 6.09. The molecule has 0 fully saturated rings. The molecule has 2 aromatic carbocycles. The molecule has 0 aliphatic heterocycles. The zero-order valence-corrected chi connectivity index (χ0v) is 15.6. The molecule has 3 rings (SSSR count). The second kappa shape index (κ2) is 8.68. The van der Waals surface area contributed by atoms with Crippen LogP contribution in [0, 0.1) is 5.82 Å². The lowest BCUT2D eigenvalue weighted by molar-refractivity contribution is -0.118. The first kappa shape index (κ1) is 18.9. The van der Waals surface area contributed by atoms with Crippen molar-refractivity contribution in [2.45, 2.75) is 18.0 Å². The van der Waals surface area contributed by atoms with E-state index in [4.69, 9.17) is 5.84 Å². The standard InChI is InChI=1S/C19H20FN5OS/c1-13(14-6-3-2-4-7-14)11-22-17(26)12-27-19-24-23-18(25(19)21)15-8-5-9-16(20)10-15/h2-10,13H,11-12,21H2,1H3,(H,22,26)/t13-/m1/s1. The minimum absolute atomic E-state index is 0.113. The monoisotopic (exact) mass is 385 g/mol. The number of halogens is 1. The van der Waals surface area contributed by atoms with Crippen molar-refractivity contribution in [1.29, 1.82) is 0 Å². The van der Waals surface area contributed by atoms with Gasteiger partial charge >= 0.3 is 0 Å². The van der Waals surface area contributed by atoms with Gasteiger partial charge in [0.05, 0.1) is 5.75 Å². The molecule has 1 heterocycles. The van der Waals surface area contributed by atoms with Crippen LogP contribution in [0.3, 0.4) is 0 Å². The van der Waals surface area contributed by atoms with Gasteiger partial charge in [0.2, 0.25) is 11.1 Å². The van der Waals surface area contributed by atoms with E-state index in [2.05, 4.69) is 22.4 Å². The molecule has 0 bridgehead atoms. The number of nitrogens with two attached hydrogens (primary N) is 1. The maximum absolute atomic E-state index is 13.4. The lowest BCUT2D eigenvalue weighted by Crippen LogP contribution is -2.29. The van der Waals surface area contributed by atoms with Crippen LogP contribution in [0.1, 0.15) is 18.4 Å². The van der Waals surface area contributed by atoms with Crippen LogP contribution in [0.15, 0.2) is 59.8 Å². The van der Waals surface area contributed by atoms with Gasteiger partial charge in [0.15, 0.2) is 5.82 Å². The number of thioether (sulfide) groups is 1. The van der Waals surface area contributed by atoms with Crippen molar-refractivity contribution < 1.29 is 9.18 Å². The molecule has 0 aliphatic rings. The van der Waals surface area contributed by atoms with Crippen LogP contribution in [0.4, 0.5) is 4.39 Å². The summed E-state index contributed by atoms with van der Waals surface area (Å²) in [7, 11) is 0. The van der Waals surface area contributed by atoms with Crippen molar-refractivity contribution in [2.24, 2.45) is 0 Å². The van der Waals surface area contributed by atoms with Crippen molar-refractivity contribution in [3.8, 4) is 11.4 Å². The van der Waals surface area contributed by atoms with E-state index < -0.39 is 0 Å².